The zero-order chi connectivity index (χ0) is 23.2. The third-order valence-electron chi connectivity index (χ3n) is 5.27. The van der Waals surface area contributed by atoms with E-state index in [1.807, 2.05) is 54.6 Å². The molecule has 2 N–H and O–H groups in total. The summed E-state index contributed by atoms with van der Waals surface area (Å²) >= 11 is 5.91. The number of hydrogen-bond donors (Lipinski definition) is 2. The number of amides is 1. The predicted octanol–water partition coefficient (Wildman–Crippen LogP) is 4.72. The Labute approximate surface area is 197 Å². The van der Waals surface area contributed by atoms with E-state index in [1.54, 1.807) is 42.3 Å². The van der Waals surface area contributed by atoms with E-state index in [0.29, 0.717) is 28.4 Å². The molecule has 1 aromatic heterocycles. The van der Waals surface area contributed by atoms with E-state index in [2.05, 4.69) is 10.4 Å². The maximum absolute atomic E-state index is 13.1. The molecule has 4 rings (SSSR count). The van der Waals surface area contributed by atoms with Crippen LogP contribution in [-0.2, 0) is 6.54 Å². The Kier molecular flexibility index (Phi) is 7.07. The molecule has 0 saturated heterocycles. The summed E-state index contributed by atoms with van der Waals surface area (Å²) in [7, 11) is 1.61. The average Bonchev–Trinajstić information content (AvgIpc) is 3.27. The summed E-state index contributed by atoms with van der Waals surface area (Å²) in [6.07, 6.45) is 0.881. The number of benzene rings is 3. The Morgan fingerprint density at radius 1 is 1.06 bits per heavy atom. The number of aliphatic hydroxyl groups excluding tert-OH is 1. The number of carbonyl (C=O) groups excluding carboxylic acids is 1. The van der Waals surface area contributed by atoms with Crippen molar-refractivity contribution in [2.24, 2.45) is 0 Å². The number of nitrogens with zero attached hydrogens (tertiary/aromatic N) is 2. The van der Waals surface area contributed by atoms with E-state index >= 15 is 0 Å². The van der Waals surface area contributed by atoms with Gasteiger partial charge in [-0.3, -0.25) is 9.48 Å². The molecule has 0 radical (unpaired) electrons. The van der Waals surface area contributed by atoms with Crippen LogP contribution in [0.1, 0.15) is 27.6 Å². The van der Waals surface area contributed by atoms with Crippen molar-refractivity contribution in [1.82, 2.24) is 15.1 Å². The topological polar surface area (TPSA) is 76.4 Å². The minimum atomic E-state index is -0.852. The lowest BCUT2D eigenvalue weighted by molar-refractivity contribution is 0.0917. The van der Waals surface area contributed by atoms with Gasteiger partial charge in [-0.2, -0.15) is 5.10 Å². The van der Waals surface area contributed by atoms with Gasteiger partial charge in [0.1, 0.15) is 11.4 Å². The highest BCUT2D eigenvalue weighted by atomic mass is 35.5. The SMILES string of the molecule is COc1ccc(-c2nn(Cc3ccccc3)cc2C(=O)NCC(O)c2ccc(Cl)cc2)cc1. The Bertz CT molecular complexity index is 1210. The van der Waals surface area contributed by atoms with Gasteiger partial charge in [-0.05, 0) is 47.5 Å². The number of hydrogen-bond acceptors (Lipinski definition) is 4. The molecule has 168 valence electrons. The summed E-state index contributed by atoms with van der Waals surface area (Å²) in [6.45, 7) is 0.594. The minimum Gasteiger partial charge on any atom is -0.497 e. The molecule has 0 saturated carbocycles. The number of aliphatic hydroxyl groups is 1. The molecule has 1 amide bonds. The van der Waals surface area contributed by atoms with Crippen molar-refractivity contribution in [3.05, 3.63) is 107 Å². The Morgan fingerprint density at radius 2 is 1.76 bits per heavy atom. The van der Waals surface area contributed by atoms with Crippen molar-refractivity contribution in [3.63, 3.8) is 0 Å². The molecule has 0 aliphatic heterocycles. The zero-order valence-corrected chi connectivity index (χ0v) is 18.9. The average molecular weight is 462 g/mol. The molecule has 7 heteroatoms. The molecule has 3 aromatic carbocycles. The van der Waals surface area contributed by atoms with Gasteiger partial charge < -0.3 is 15.2 Å². The van der Waals surface area contributed by atoms with Gasteiger partial charge in [0.05, 0.1) is 25.3 Å². The molecule has 1 heterocycles. The van der Waals surface area contributed by atoms with Crippen LogP contribution in [0.3, 0.4) is 0 Å². The molecule has 6 nitrogen and oxygen atoms in total. The number of methoxy groups -OCH3 is 1. The highest BCUT2D eigenvalue weighted by Crippen LogP contribution is 2.25. The number of ether oxygens (including phenoxy) is 1. The Balaban J connectivity index is 1.57. The maximum atomic E-state index is 13.1. The van der Waals surface area contributed by atoms with Crippen LogP contribution in [-0.4, -0.2) is 34.4 Å². The van der Waals surface area contributed by atoms with Crippen LogP contribution in [0.4, 0.5) is 0 Å². The number of aromatic nitrogens is 2. The Hall–Kier alpha value is -3.61. The van der Waals surface area contributed by atoms with Crippen LogP contribution in [0, 0.1) is 0 Å². The van der Waals surface area contributed by atoms with Gasteiger partial charge in [0.15, 0.2) is 0 Å². The van der Waals surface area contributed by atoms with Gasteiger partial charge in [0, 0.05) is 23.3 Å². The third-order valence-corrected chi connectivity index (χ3v) is 5.52. The molecule has 0 aliphatic carbocycles. The van der Waals surface area contributed by atoms with Gasteiger partial charge in [-0.1, -0.05) is 54.1 Å². The number of halogens is 1. The van der Waals surface area contributed by atoms with Gasteiger partial charge in [-0.15, -0.1) is 0 Å². The van der Waals surface area contributed by atoms with Gasteiger partial charge in [0.25, 0.3) is 5.91 Å². The molecule has 0 bridgehead atoms. The third kappa shape index (κ3) is 5.61. The Morgan fingerprint density at radius 3 is 2.42 bits per heavy atom. The van der Waals surface area contributed by atoms with E-state index in [4.69, 9.17) is 16.3 Å². The summed E-state index contributed by atoms with van der Waals surface area (Å²) < 4.78 is 6.99. The monoisotopic (exact) mass is 461 g/mol. The van der Waals surface area contributed by atoms with Crippen molar-refractivity contribution in [3.8, 4) is 17.0 Å². The van der Waals surface area contributed by atoms with E-state index in [0.717, 1.165) is 16.9 Å². The zero-order valence-electron chi connectivity index (χ0n) is 18.1. The summed E-state index contributed by atoms with van der Waals surface area (Å²) in [5.74, 6) is 0.410. The molecule has 4 aromatic rings. The fraction of sp³-hybridized carbons (Fsp3) is 0.154. The van der Waals surface area contributed by atoms with Crippen LogP contribution >= 0.6 is 11.6 Å². The summed E-state index contributed by atoms with van der Waals surface area (Å²) in [5, 5.41) is 18.6. The van der Waals surface area contributed by atoms with Crippen LogP contribution in [0.15, 0.2) is 85.1 Å². The van der Waals surface area contributed by atoms with Crippen molar-refractivity contribution < 1.29 is 14.6 Å². The smallest absolute Gasteiger partial charge is 0.255 e. The van der Waals surface area contributed by atoms with Crippen LogP contribution in [0.5, 0.6) is 5.75 Å². The van der Waals surface area contributed by atoms with Crippen LogP contribution in [0.25, 0.3) is 11.3 Å². The summed E-state index contributed by atoms with van der Waals surface area (Å²) in [5.41, 5.74) is 3.54. The predicted molar refractivity (Wildman–Crippen MR) is 129 cm³/mol. The second kappa shape index (κ2) is 10.3. The molecule has 1 atom stereocenters. The van der Waals surface area contributed by atoms with Gasteiger partial charge >= 0.3 is 0 Å². The molecule has 1 unspecified atom stereocenters. The quantitative estimate of drug-likeness (QED) is 0.398. The number of rotatable bonds is 8. The fourth-order valence-electron chi connectivity index (χ4n) is 3.49. The van der Waals surface area contributed by atoms with Gasteiger partial charge in [0.2, 0.25) is 0 Å². The van der Waals surface area contributed by atoms with E-state index in [-0.39, 0.29) is 12.5 Å². The second-order valence-electron chi connectivity index (χ2n) is 7.58. The first-order valence-corrected chi connectivity index (χ1v) is 10.9. The lowest BCUT2D eigenvalue weighted by atomic mass is 10.1. The standard InChI is InChI=1S/C26H24ClN3O3/c1-33-22-13-9-20(10-14-22)25-23(17-30(29-25)16-18-5-3-2-4-6-18)26(32)28-15-24(31)19-7-11-21(27)12-8-19/h2-14,17,24,31H,15-16H2,1H3,(H,28,32). The largest absolute Gasteiger partial charge is 0.497 e. The van der Waals surface area contributed by atoms with Crippen molar-refractivity contribution in [2.45, 2.75) is 12.6 Å². The number of nitrogens with one attached hydrogen (secondary N) is 1. The fourth-order valence-corrected chi connectivity index (χ4v) is 3.61. The van der Waals surface area contributed by atoms with Crippen molar-refractivity contribution >= 4 is 17.5 Å². The lowest BCUT2D eigenvalue weighted by Crippen LogP contribution is -2.28. The molecular weight excluding hydrogens is 438 g/mol. The van der Waals surface area contributed by atoms with E-state index in [1.165, 1.54) is 0 Å². The minimum absolute atomic E-state index is 0.0619. The van der Waals surface area contributed by atoms with Crippen LogP contribution < -0.4 is 10.1 Å². The molecule has 0 fully saturated rings. The van der Waals surface area contributed by atoms with E-state index < -0.39 is 6.10 Å². The highest BCUT2D eigenvalue weighted by molar-refractivity contribution is 6.30. The van der Waals surface area contributed by atoms with Crippen molar-refractivity contribution in [1.29, 1.82) is 0 Å². The van der Waals surface area contributed by atoms with Crippen LogP contribution in [0.2, 0.25) is 5.02 Å². The summed E-state index contributed by atoms with van der Waals surface area (Å²) in [4.78, 5) is 13.1. The first-order chi connectivity index (χ1) is 16.0. The second-order valence-corrected chi connectivity index (χ2v) is 8.02. The van der Waals surface area contributed by atoms with Crippen molar-refractivity contribution in [2.75, 3.05) is 13.7 Å². The number of carbonyl (C=O) groups is 1. The maximum Gasteiger partial charge on any atom is 0.255 e. The lowest BCUT2D eigenvalue weighted by Gasteiger charge is -2.12. The first kappa shape index (κ1) is 22.6. The first-order valence-electron chi connectivity index (χ1n) is 10.5. The summed E-state index contributed by atoms with van der Waals surface area (Å²) in [6, 6.07) is 24.2. The highest BCUT2D eigenvalue weighted by Gasteiger charge is 2.19. The van der Waals surface area contributed by atoms with E-state index in [9.17, 15) is 9.90 Å². The normalized spacial score (nSPS) is 11.7. The molecule has 0 spiro atoms. The molecule has 33 heavy (non-hydrogen) atoms. The molecule has 0 aliphatic rings. The molecular formula is C26H24ClN3O3. The van der Waals surface area contributed by atoms with Gasteiger partial charge in [-0.25, -0.2) is 0 Å².